The Balaban J connectivity index is 2.72. The highest BCUT2D eigenvalue weighted by Gasteiger charge is 2.13. The Bertz CT molecular complexity index is 336. The second kappa shape index (κ2) is 6.27. The Kier molecular flexibility index (Phi) is 5.30. The minimum absolute atomic E-state index is 0.111. The van der Waals surface area contributed by atoms with Gasteiger partial charge in [0.25, 0.3) is 0 Å². The molecule has 2 N–H and O–H groups in total. The molecule has 1 aromatic carbocycles. The van der Waals surface area contributed by atoms with E-state index in [0.717, 1.165) is 17.0 Å². The second-order valence-electron chi connectivity index (χ2n) is 4.69. The molecule has 0 aliphatic heterocycles. The van der Waals surface area contributed by atoms with Gasteiger partial charge in [-0.1, -0.05) is 50.4 Å². The van der Waals surface area contributed by atoms with Crippen LogP contribution in [0.2, 0.25) is 5.02 Å². The van der Waals surface area contributed by atoms with E-state index < -0.39 is 0 Å². The Hall–Kier alpha value is -0.530. The maximum atomic E-state index is 6.24. The molecule has 1 rings (SSSR count). The molecule has 2 unspecified atom stereocenters. The molecule has 0 heterocycles. The van der Waals surface area contributed by atoms with Crippen LogP contribution in [0.4, 0.5) is 0 Å². The summed E-state index contributed by atoms with van der Waals surface area (Å²) in [7, 11) is 0. The van der Waals surface area contributed by atoms with Gasteiger partial charge < -0.3 is 5.73 Å². The van der Waals surface area contributed by atoms with Crippen LogP contribution in [0.15, 0.2) is 18.2 Å². The van der Waals surface area contributed by atoms with Gasteiger partial charge in [-0.15, -0.1) is 0 Å². The van der Waals surface area contributed by atoms with Gasteiger partial charge in [0.1, 0.15) is 0 Å². The summed E-state index contributed by atoms with van der Waals surface area (Å²) in [5.74, 6) is 0.679. The van der Waals surface area contributed by atoms with Gasteiger partial charge in [-0.3, -0.25) is 0 Å². The second-order valence-corrected chi connectivity index (χ2v) is 5.10. The number of hydrogen-bond acceptors (Lipinski definition) is 1. The van der Waals surface area contributed by atoms with Crippen LogP contribution in [0.3, 0.4) is 0 Å². The first kappa shape index (κ1) is 13.5. The molecule has 2 atom stereocenters. The summed E-state index contributed by atoms with van der Waals surface area (Å²) >= 11 is 6.10. The Morgan fingerprint density at radius 2 is 2.06 bits per heavy atom. The van der Waals surface area contributed by atoms with E-state index in [1.165, 1.54) is 18.4 Å². The molecule has 0 bridgehead atoms. The SMILES string of the molecule is CCCC(C)CC(N)c1cccc(Cl)c1C. The Morgan fingerprint density at radius 1 is 1.38 bits per heavy atom. The predicted molar refractivity (Wildman–Crippen MR) is 71.8 cm³/mol. The smallest absolute Gasteiger partial charge is 0.0438 e. The lowest BCUT2D eigenvalue weighted by Crippen LogP contribution is -2.15. The van der Waals surface area contributed by atoms with Crippen molar-refractivity contribution in [3.8, 4) is 0 Å². The first-order valence-corrected chi connectivity index (χ1v) is 6.44. The van der Waals surface area contributed by atoms with Crippen molar-refractivity contribution in [1.29, 1.82) is 0 Å². The highest BCUT2D eigenvalue weighted by Crippen LogP contribution is 2.27. The van der Waals surface area contributed by atoms with Gasteiger partial charge in [0, 0.05) is 11.1 Å². The van der Waals surface area contributed by atoms with Crippen LogP contribution in [0.1, 0.15) is 50.3 Å². The predicted octanol–water partition coefficient (Wildman–Crippen LogP) is 4.47. The third kappa shape index (κ3) is 3.50. The van der Waals surface area contributed by atoms with Gasteiger partial charge in [-0.05, 0) is 36.5 Å². The minimum Gasteiger partial charge on any atom is -0.324 e. The summed E-state index contributed by atoms with van der Waals surface area (Å²) < 4.78 is 0. The van der Waals surface area contributed by atoms with Crippen LogP contribution in [0, 0.1) is 12.8 Å². The van der Waals surface area contributed by atoms with Gasteiger partial charge in [0.05, 0.1) is 0 Å². The van der Waals surface area contributed by atoms with Crippen molar-refractivity contribution in [2.24, 2.45) is 11.7 Å². The van der Waals surface area contributed by atoms with Crippen molar-refractivity contribution in [2.45, 2.75) is 46.1 Å². The van der Waals surface area contributed by atoms with Crippen LogP contribution in [0.5, 0.6) is 0 Å². The van der Waals surface area contributed by atoms with E-state index in [9.17, 15) is 0 Å². The maximum absolute atomic E-state index is 6.24. The quantitative estimate of drug-likeness (QED) is 0.806. The zero-order valence-electron chi connectivity index (χ0n) is 10.5. The molecule has 0 aliphatic carbocycles. The maximum Gasteiger partial charge on any atom is 0.0438 e. The molecule has 0 amide bonds. The van der Waals surface area contributed by atoms with E-state index in [1.54, 1.807) is 0 Å². The van der Waals surface area contributed by atoms with Crippen molar-refractivity contribution >= 4 is 11.6 Å². The Labute approximate surface area is 104 Å². The lowest BCUT2D eigenvalue weighted by molar-refractivity contribution is 0.439. The summed E-state index contributed by atoms with van der Waals surface area (Å²) in [6.45, 7) is 6.53. The summed E-state index contributed by atoms with van der Waals surface area (Å²) in [4.78, 5) is 0. The normalized spacial score (nSPS) is 14.8. The van der Waals surface area contributed by atoms with Gasteiger partial charge in [0.2, 0.25) is 0 Å². The summed E-state index contributed by atoms with van der Waals surface area (Å²) in [6.07, 6.45) is 3.50. The van der Waals surface area contributed by atoms with Gasteiger partial charge in [0.15, 0.2) is 0 Å². The molecular formula is C14H22ClN. The van der Waals surface area contributed by atoms with Crippen LogP contribution in [0.25, 0.3) is 0 Å². The van der Waals surface area contributed by atoms with Crippen molar-refractivity contribution in [3.05, 3.63) is 34.3 Å². The number of hydrogen-bond donors (Lipinski definition) is 1. The number of halogens is 1. The molecule has 0 saturated carbocycles. The molecule has 2 heteroatoms. The third-order valence-electron chi connectivity index (χ3n) is 3.15. The zero-order valence-corrected chi connectivity index (χ0v) is 11.2. The molecule has 0 aromatic heterocycles. The largest absolute Gasteiger partial charge is 0.324 e. The number of nitrogens with two attached hydrogens (primary N) is 1. The molecule has 0 spiro atoms. The fourth-order valence-corrected chi connectivity index (χ4v) is 2.38. The molecule has 0 aliphatic rings. The van der Waals surface area contributed by atoms with Crippen molar-refractivity contribution < 1.29 is 0 Å². The molecule has 0 saturated heterocycles. The zero-order chi connectivity index (χ0) is 12.1. The fourth-order valence-electron chi connectivity index (χ4n) is 2.20. The van der Waals surface area contributed by atoms with E-state index in [4.69, 9.17) is 17.3 Å². The number of rotatable bonds is 5. The van der Waals surface area contributed by atoms with Gasteiger partial charge >= 0.3 is 0 Å². The molecule has 16 heavy (non-hydrogen) atoms. The Morgan fingerprint density at radius 3 is 2.69 bits per heavy atom. The first-order chi connectivity index (χ1) is 7.56. The lowest BCUT2D eigenvalue weighted by atomic mass is 9.91. The molecule has 90 valence electrons. The highest BCUT2D eigenvalue weighted by molar-refractivity contribution is 6.31. The monoisotopic (exact) mass is 239 g/mol. The standard InChI is InChI=1S/C14H22ClN/c1-4-6-10(2)9-14(16)12-7-5-8-13(15)11(12)3/h5,7-8,10,14H,4,6,9,16H2,1-3H3. The average molecular weight is 240 g/mol. The van der Waals surface area contributed by atoms with E-state index in [0.29, 0.717) is 5.92 Å². The van der Waals surface area contributed by atoms with Crippen LogP contribution >= 0.6 is 11.6 Å². The third-order valence-corrected chi connectivity index (χ3v) is 3.56. The summed E-state index contributed by atoms with van der Waals surface area (Å²) in [6, 6.07) is 6.10. The topological polar surface area (TPSA) is 26.0 Å². The molecule has 0 fully saturated rings. The van der Waals surface area contributed by atoms with Crippen molar-refractivity contribution in [2.75, 3.05) is 0 Å². The van der Waals surface area contributed by atoms with Gasteiger partial charge in [-0.25, -0.2) is 0 Å². The van der Waals surface area contributed by atoms with E-state index in [1.807, 2.05) is 19.1 Å². The van der Waals surface area contributed by atoms with Crippen LogP contribution in [-0.2, 0) is 0 Å². The van der Waals surface area contributed by atoms with E-state index >= 15 is 0 Å². The molecule has 1 nitrogen and oxygen atoms in total. The molecular weight excluding hydrogens is 218 g/mol. The average Bonchev–Trinajstić information content (AvgIpc) is 2.22. The summed E-state index contributed by atoms with van der Waals surface area (Å²) in [5.41, 5.74) is 8.55. The van der Waals surface area contributed by atoms with Crippen LogP contribution < -0.4 is 5.73 Å². The lowest BCUT2D eigenvalue weighted by Gasteiger charge is -2.19. The minimum atomic E-state index is 0.111. The van der Waals surface area contributed by atoms with E-state index in [2.05, 4.69) is 19.9 Å². The van der Waals surface area contributed by atoms with Gasteiger partial charge in [-0.2, -0.15) is 0 Å². The molecule has 0 radical (unpaired) electrons. The summed E-state index contributed by atoms with van der Waals surface area (Å²) in [5, 5.41) is 0.816. The molecule has 1 aromatic rings. The first-order valence-electron chi connectivity index (χ1n) is 6.06. The van der Waals surface area contributed by atoms with Crippen molar-refractivity contribution in [1.82, 2.24) is 0 Å². The van der Waals surface area contributed by atoms with Crippen molar-refractivity contribution in [3.63, 3.8) is 0 Å². The number of benzene rings is 1. The van der Waals surface area contributed by atoms with E-state index in [-0.39, 0.29) is 6.04 Å². The van der Waals surface area contributed by atoms with Crippen LogP contribution in [-0.4, -0.2) is 0 Å². The fraction of sp³-hybridized carbons (Fsp3) is 0.571. The highest BCUT2D eigenvalue weighted by atomic mass is 35.5.